The van der Waals surface area contributed by atoms with Gasteiger partial charge in [0.15, 0.2) is 0 Å². The van der Waals surface area contributed by atoms with Crippen LogP contribution in [0.15, 0.2) is 71.6 Å². The predicted octanol–water partition coefficient (Wildman–Crippen LogP) is 6.44. The van der Waals surface area contributed by atoms with Crippen molar-refractivity contribution in [2.45, 2.75) is 37.8 Å². The van der Waals surface area contributed by atoms with E-state index in [1.54, 1.807) is 44.2 Å². The van der Waals surface area contributed by atoms with Crippen molar-refractivity contribution in [1.82, 2.24) is 10.2 Å². The smallest absolute Gasteiger partial charge is 0.264 e. The summed E-state index contributed by atoms with van der Waals surface area (Å²) < 4.78 is 28.5. The van der Waals surface area contributed by atoms with E-state index in [1.165, 1.54) is 41.3 Å². The first-order chi connectivity index (χ1) is 18.5. The quantitative estimate of drug-likeness (QED) is 0.264. The van der Waals surface area contributed by atoms with E-state index in [1.807, 2.05) is 0 Å². The number of nitrogens with zero attached hydrogens (tertiary/aromatic N) is 2. The molecule has 0 radical (unpaired) electrons. The molecule has 208 valence electrons. The second-order valence-electron chi connectivity index (χ2n) is 8.50. The second-order valence-corrected chi connectivity index (χ2v) is 12.0. The molecule has 3 rings (SSSR count). The Morgan fingerprint density at radius 1 is 0.872 bits per heavy atom. The van der Waals surface area contributed by atoms with E-state index >= 15 is 0 Å². The van der Waals surface area contributed by atoms with Gasteiger partial charge in [-0.15, -0.1) is 0 Å². The Morgan fingerprint density at radius 3 is 2.13 bits per heavy atom. The highest BCUT2D eigenvalue weighted by Crippen LogP contribution is 2.33. The van der Waals surface area contributed by atoms with Crippen molar-refractivity contribution in [1.29, 1.82) is 0 Å². The fourth-order valence-corrected chi connectivity index (χ4v) is 6.31. The number of anilines is 1. The van der Waals surface area contributed by atoms with Crippen molar-refractivity contribution >= 4 is 73.9 Å². The zero-order valence-electron chi connectivity index (χ0n) is 21.2. The molecular formula is C27H27Cl4N3O4S. The number of rotatable bonds is 11. The number of halogens is 4. The number of carbonyl (C=O) groups excluding carboxylic acids is 2. The second kappa shape index (κ2) is 13.7. The molecule has 0 aliphatic heterocycles. The molecule has 0 bridgehead atoms. The molecule has 0 aromatic heterocycles. The van der Waals surface area contributed by atoms with Gasteiger partial charge in [0.05, 0.1) is 15.6 Å². The molecule has 1 N–H and O–H groups in total. The highest BCUT2D eigenvalue weighted by molar-refractivity contribution is 7.92. The normalized spacial score (nSPS) is 12.1. The average Bonchev–Trinajstić information content (AvgIpc) is 2.90. The molecule has 1 atom stereocenters. The van der Waals surface area contributed by atoms with Gasteiger partial charge < -0.3 is 10.2 Å². The van der Waals surface area contributed by atoms with E-state index in [0.29, 0.717) is 22.2 Å². The van der Waals surface area contributed by atoms with Crippen LogP contribution in [0.3, 0.4) is 0 Å². The summed E-state index contributed by atoms with van der Waals surface area (Å²) in [5.41, 5.74) is 0.562. The van der Waals surface area contributed by atoms with Crippen LogP contribution in [0.1, 0.15) is 25.8 Å². The summed E-state index contributed by atoms with van der Waals surface area (Å²) in [6.45, 7) is 3.16. The summed E-state index contributed by atoms with van der Waals surface area (Å²) >= 11 is 25.0. The van der Waals surface area contributed by atoms with Gasteiger partial charge in [-0.1, -0.05) is 77.6 Å². The van der Waals surface area contributed by atoms with Gasteiger partial charge in [0.1, 0.15) is 12.6 Å². The number of hydrogen-bond acceptors (Lipinski definition) is 4. The van der Waals surface area contributed by atoms with E-state index in [-0.39, 0.29) is 39.5 Å². The molecule has 0 saturated heterocycles. The Morgan fingerprint density at radius 2 is 1.51 bits per heavy atom. The van der Waals surface area contributed by atoms with Crippen molar-refractivity contribution in [2.24, 2.45) is 0 Å². The van der Waals surface area contributed by atoms with Gasteiger partial charge in [-0.2, -0.15) is 0 Å². The van der Waals surface area contributed by atoms with Crippen LogP contribution in [0.25, 0.3) is 0 Å². The van der Waals surface area contributed by atoms with Crippen LogP contribution in [0.4, 0.5) is 5.69 Å². The zero-order chi connectivity index (χ0) is 28.7. The fourth-order valence-electron chi connectivity index (χ4n) is 3.95. The maximum absolute atomic E-state index is 14.0. The first-order valence-corrected chi connectivity index (χ1v) is 15.0. The molecule has 0 spiro atoms. The van der Waals surface area contributed by atoms with Crippen LogP contribution >= 0.6 is 46.4 Å². The Bertz CT molecular complexity index is 1440. The standard InChI is InChI=1S/C27H27Cl4N3O4S/c1-3-24(27(36)32-4-2)33(16-18-10-11-19(28)14-23(18)31)26(35)17-34(25-15-20(29)12-13-22(25)30)39(37,38)21-8-6-5-7-9-21/h5-15,24H,3-4,16-17H2,1-2H3,(H,32,36)/t24-/m0/s1. The molecule has 3 aromatic carbocycles. The number of sulfonamides is 1. The maximum atomic E-state index is 14.0. The highest BCUT2D eigenvalue weighted by Gasteiger charge is 2.34. The fraction of sp³-hybridized carbons (Fsp3) is 0.259. The van der Waals surface area contributed by atoms with Crippen molar-refractivity contribution in [2.75, 3.05) is 17.4 Å². The first-order valence-electron chi connectivity index (χ1n) is 12.0. The number of benzene rings is 3. The third-order valence-electron chi connectivity index (χ3n) is 5.88. The third-order valence-corrected chi connectivity index (χ3v) is 8.80. The number of nitrogens with one attached hydrogen (secondary N) is 1. The van der Waals surface area contributed by atoms with Gasteiger partial charge in [0.25, 0.3) is 10.0 Å². The summed E-state index contributed by atoms with van der Waals surface area (Å²) in [4.78, 5) is 28.2. The Kier molecular flexibility index (Phi) is 10.9. The average molecular weight is 631 g/mol. The highest BCUT2D eigenvalue weighted by atomic mass is 35.5. The minimum Gasteiger partial charge on any atom is -0.355 e. The summed E-state index contributed by atoms with van der Waals surface area (Å²) in [6.07, 6.45) is 0.270. The number of hydrogen-bond donors (Lipinski definition) is 1. The SMILES string of the molecule is CCNC(=O)[C@H](CC)N(Cc1ccc(Cl)cc1Cl)C(=O)CN(c1cc(Cl)ccc1Cl)S(=O)(=O)c1ccccc1. The Hall–Kier alpha value is -2.49. The maximum Gasteiger partial charge on any atom is 0.264 e. The molecule has 3 aromatic rings. The lowest BCUT2D eigenvalue weighted by Crippen LogP contribution is -2.52. The molecule has 0 heterocycles. The molecule has 2 amide bonds. The van der Waals surface area contributed by atoms with Crippen molar-refractivity contribution in [3.63, 3.8) is 0 Å². The van der Waals surface area contributed by atoms with Crippen LogP contribution in [0, 0.1) is 0 Å². The van der Waals surface area contributed by atoms with E-state index < -0.39 is 28.5 Å². The summed E-state index contributed by atoms with van der Waals surface area (Å²) in [7, 11) is -4.27. The largest absolute Gasteiger partial charge is 0.355 e. The molecule has 0 aliphatic carbocycles. The van der Waals surface area contributed by atoms with Crippen LogP contribution in [0.5, 0.6) is 0 Å². The molecular weight excluding hydrogens is 604 g/mol. The Labute approximate surface area is 248 Å². The van der Waals surface area contributed by atoms with Crippen molar-refractivity contribution in [3.05, 3.63) is 92.4 Å². The van der Waals surface area contributed by atoms with Crippen LogP contribution in [-0.4, -0.2) is 44.3 Å². The summed E-state index contributed by atoms with van der Waals surface area (Å²) in [5.74, 6) is -1.02. The van der Waals surface area contributed by atoms with Crippen LogP contribution in [-0.2, 0) is 26.2 Å². The van der Waals surface area contributed by atoms with Gasteiger partial charge in [-0.3, -0.25) is 13.9 Å². The molecule has 0 saturated carbocycles. The lowest BCUT2D eigenvalue weighted by atomic mass is 10.1. The molecule has 0 unspecified atom stereocenters. The number of carbonyl (C=O) groups is 2. The van der Waals surface area contributed by atoms with Gasteiger partial charge in [0.2, 0.25) is 11.8 Å². The topological polar surface area (TPSA) is 86.8 Å². The third kappa shape index (κ3) is 7.58. The molecule has 39 heavy (non-hydrogen) atoms. The van der Waals surface area contributed by atoms with Gasteiger partial charge in [0, 0.05) is 28.2 Å². The minimum atomic E-state index is -4.27. The zero-order valence-corrected chi connectivity index (χ0v) is 25.0. The van der Waals surface area contributed by atoms with Crippen molar-refractivity contribution in [3.8, 4) is 0 Å². The van der Waals surface area contributed by atoms with Crippen LogP contribution in [0.2, 0.25) is 20.1 Å². The number of likely N-dealkylation sites (N-methyl/N-ethyl adjacent to an activating group) is 1. The van der Waals surface area contributed by atoms with E-state index in [9.17, 15) is 18.0 Å². The van der Waals surface area contributed by atoms with E-state index in [0.717, 1.165) is 4.31 Å². The number of amides is 2. The lowest BCUT2D eigenvalue weighted by molar-refractivity contribution is -0.140. The lowest BCUT2D eigenvalue weighted by Gasteiger charge is -2.33. The van der Waals surface area contributed by atoms with E-state index in [2.05, 4.69) is 5.32 Å². The summed E-state index contributed by atoms with van der Waals surface area (Å²) in [5, 5.41) is 3.76. The van der Waals surface area contributed by atoms with Crippen LogP contribution < -0.4 is 9.62 Å². The van der Waals surface area contributed by atoms with Gasteiger partial charge >= 0.3 is 0 Å². The Balaban J connectivity index is 2.11. The van der Waals surface area contributed by atoms with Crippen molar-refractivity contribution < 1.29 is 18.0 Å². The molecule has 0 aliphatic rings. The first kappa shape index (κ1) is 31.0. The minimum absolute atomic E-state index is 0.0249. The van der Waals surface area contributed by atoms with Gasteiger partial charge in [-0.25, -0.2) is 8.42 Å². The molecule has 0 fully saturated rings. The summed E-state index contributed by atoms with van der Waals surface area (Å²) in [6, 6.07) is 15.9. The van der Waals surface area contributed by atoms with E-state index in [4.69, 9.17) is 46.4 Å². The molecule has 12 heteroatoms. The molecule has 7 nitrogen and oxygen atoms in total. The monoisotopic (exact) mass is 629 g/mol. The van der Waals surface area contributed by atoms with Gasteiger partial charge in [-0.05, 0) is 61.4 Å². The predicted molar refractivity (Wildman–Crippen MR) is 157 cm³/mol.